The Morgan fingerprint density at radius 1 is 1.00 bits per heavy atom. The van der Waals surface area contributed by atoms with Crippen LogP contribution in [0.2, 0.25) is 0 Å². The van der Waals surface area contributed by atoms with Crippen molar-refractivity contribution in [1.82, 2.24) is 24.4 Å². The number of hydrogen-bond acceptors (Lipinski definition) is 6. The van der Waals surface area contributed by atoms with Crippen LogP contribution in [-0.4, -0.2) is 44.1 Å². The van der Waals surface area contributed by atoms with E-state index in [1.807, 2.05) is 41.5 Å². The lowest BCUT2D eigenvalue weighted by Gasteiger charge is -2.30. The summed E-state index contributed by atoms with van der Waals surface area (Å²) in [5.74, 6) is 1.33. The number of nitrogens with zero attached hydrogens (tertiary/aromatic N) is 6. The Morgan fingerprint density at radius 3 is 2.31 bits per heavy atom. The number of piperidine rings is 1. The van der Waals surface area contributed by atoms with Gasteiger partial charge in [-0.2, -0.15) is 14.6 Å². The SMILES string of the molecule is C1CCCCC1.CCOC(C)n1cc(-c2ccc3nc(N)nn3c2N2CCCCC2)cn1. The third-order valence-electron chi connectivity index (χ3n) is 6.34. The predicted molar refractivity (Wildman–Crippen MR) is 129 cm³/mol. The molecule has 1 aliphatic carbocycles. The molecular formula is C24H37N7O. The average molecular weight is 440 g/mol. The molecule has 8 heteroatoms. The van der Waals surface area contributed by atoms with Crippen molar-refractivity contribution >= 4 is 17.4 Å². The zero-order valence-electron chi connectivity index (χ0n) is 19.5. The van der Waals surface area contributed by atoms with E-state index in [2.05, 4.69) is 26.1 Å². The van der Waals surface area contributed by atoms with Crippen molar-refractivity contribution in [2.75, 3.05) is 30.3 Å². The summed E-state index contributed by atoms with van der Waals surface area (Å²) in [7, 11) is 0. The van der Waals surface area contributed by atoms with Crippen molar-refractivity contribution in [3.05, 3.63) is 24.5 Å². The molecule has 0 spiro atoms. The van der Waals surface area contributed by atoms with Gasteiger partial charge in [0.2, 0.25) is 5.95 Å². The van der Waals surface area contributed by atoms with Gasteiger partial charge in [-0.15, -0.1) is 5.10 Å². The zero-order valence-corrected chi connectivity index (χ0v) is 19.5. The number of hydrogen-bond donors (Lipinski definition) is 1. The molecule has 1 unspecified atom stereocenters. The molecule has 32 heavy (non-hydrogen) atoms. The van der Waals surface area contributed by atoms with Crippen molar-refractivity contribution in [3.63, 3.8) is 0 Å². The highest BCUT2D eigenvalue weighted by Gasteiger charge is 2.21. The highest BCUT2D eigenvalue weighted by molar-refractivity contribution is 5.78. The number of rotatable bonds is 5. The molecule has 1 saturated carbocycles. The molecule has 0 amide bonds. The fourth-order valence-corrected chi connectivity index (χ4v) is 4.64. The van der Waals surface area contributed by atoms with Crippen LogP contribution in [0.3, 0.4) is 0 Å². The van der Waals surface area contributed by atoms with Crippen molar-refractivity contribution in [2.45, 2.75) is 77.9 Å². The molecule has 0 aromatic carbocycles. The normalized spacial score (nSPS) is 17.8. The van der Waals surface area contributed by atoms with Gasteiger partial charge in [0.15, 0.2) is 5.65 Å². The molecule has 3 aromatic heterocycles. The highest BCUT2D eigenvalue weighted by Crippen LogP contribution is 2.33. The summed E-state index contributed by atoms with van der Waals surface area (Å²) in [6.07, 6.45) is 16.4. The molecule has 1 saturated heterocycles. The van der Waals surface area contributed by atoms with Crippen LogP contribution in [0.4, 0.5) is 11.8 Å². The Balaban J connectivity index is 0.000000354. The molecule has 174 valence electrons. The van der Waals surface area contributed by atoms with Gasteiger partial charge in [-0.3, -0.25) is 0 Å². The van der Waals surface area contributed by atoms with Crippen molar-refractivity contribution in [3.8, 4) is 11.1 Å². The first-order chi connectivity index (χ1) is 15.7. The first-order valence-corrected chi connectivity index (χ1v) is 12.2. The van der Waals surface area contributed by atoms with E-state index in [-0.39, 0.29) is 6.23 Å². The topological polar surface area (TPSA) is 86.5 Å². The van der Waals surface area contributed by atoms with Gasteiger partial charge < -0.3 is 15.4 Å². The van der Waals surface area contributed by atoms with Crippen LogP contribution >= 0.6 is 0 Å². The van der Waals surface area contributed by atoms with Crippen LogP contribution in [0.15, 0.2) is 24.5 Å². The van der Waals surface area contributed by atoms with E-state index < -0.39 is 0 Å². The van der Waals surface area contributed by atoms with E-state index in [0.29, 0.717) is 12.6 Å². The second-order valence-electron chi connectivity index (χ2n) is 8.74. The lowest BCUT2D eigenvalue weighted by atomic mass is 10.0. The van der Waals surface area contributed by atoms with E-state index in [0.717, 1.165) is 35.7 Å². The molecule has 3 aromatic rings. The van der Waals surface area contributed by atoms with Crippen LogP contribution in [0, 0.1) is 0 Å². The Hall–Kier alpha value is -2.61. The van der Waals surface area contributed by atoms with E-state index in [9.17, 15) is 0 Å². The Kier molecular flexibility index (Phi) is 7.63. The Morgan fingerprint density at radius 2 is 1.66 bits per heavy atom. The minimum absolute atomic E-state index is 0.0991. The number of pyridine rings is 1. The quantitative estimate of drug-likeness (QED) is 0.598. The maximum Gasteiger partial charge on any atom is 0.240 e. The predicted octanol–water partition coefficient (Wildman–Crippen LogP) is 5.06. The van der Waals surface area contributed by atoms with E-state index in [1.54, 1.807) is 0 Å². The van der Waals surface area contributed by atoms with E-state index in [4.69, 9.17) is 10.5 Å². The van der Waals surface area contributed by atoms with Gasteiger partial charge in [-0.1, -0.05) is 38.5 Å². The molecule has 5 rings (SSSR count). The molecule has 2 aliphatic rings. The van der Waals surface area contributed by atoms with Crippen molar-refractivity contribution < 1.29 is 4.74 Å². The second-order valence-corrected chi connectivity index (χ2v) is 8.74. The summed E-state index contributed by atoms with van der Waals surface area (Å²) in [4.78, 5) is 6.70. The molecule has 4 heterocycles. The first-order valence-electron chi connectivity index (χ1n) is 12.2. The number of nitrogens with two attached hydrogens (primary N) is 1. The lowest BCUT2D eigenvalue weighted by molar-refractivity contribution is 0.0160. The smallest absolute Gasteiger partial charge is 0.240 e. The van der Waals surface area contributed by atoms with Gasteiger partial charge in [0.05, 0.1) is 6.20 Å². The molecule has 1 aliphatic heterocycles. The minimum atomic E-state index is -0.0991. The van der Waals surface area contributed by atoms with Gasteiger partial charge in [0.1, 0.15) is 12.0 Å². The Labute approximate surface area is 190 Å². The number of ether oxygens (including phenoxy) is 1. The molecule has 2 fully saturated rings. The largest absolute Gasteiger partial charge is 0.366 e. The van der Waals surface area contributed by atoms with Crippen LogP contribution in [0.5, 0.6) is 0 Å². The summed E-state index contributed by atoms with van der Waals surface area (Å²) in [5, 5.41) is 8.92. The summed E-state index contributed by atoms with van der Waals surface area (Å²) in [5.41, 5.74) is 8.74. The summed E-state index contributed by atoms with van der Waals surface area (Å²) < 4.78 is 9.35. The third-order valence-corrected chi connectivity index (χ3v) is 6.34. The molecule has 8 nitrogen and oxygen atoms in total. The van der Waals surface area contributed by atoms with Crippen molar-refractivity contribution in [1.29, 1.82) is 0 Å². The monoisotopic (exact) mass is 439 g/mol. The van der Waals surface area contributed by atoms with Crippen LogP contribution in [0.1, 0.15) is 77.9 Å². The lowest BCUT2D eigenvalue weighted by Crippen LogP contribution is -2.31. The maximum atomic E-state index is 5.86. The maximum absolute atomic E-state index is 5.86. The third kappa shape index (κ3) is 5.23. The zero-order chi connectivity index (χ0) is 22.3. The van der Waals surface area contributed by atoms with Gasteiger partial charge in [0.25, 0.3) is 0 Å². The van der Waals surface area contributed by atoms with Crippen LogP contribution in [-0.2, 0) is 4.74 Å². The van der Waals surface area contributed by atoms with Crippen LogP contribution < -0.4 is 10.6 Å². The fraction of sp³-hybridized carbons (Fsp3) is 0.625. The van der Waals surface area contributed by atoms with Gasteiger partial charge in [-0.05, 0) is 45.2 Å². The van der Waals surface area contributed by atoms with E-state index >= 15 is 0 Å². The first kappa shape index (κ1) is 22.6. The standard InChI is InChI=1S/C18H25N7O.C6H12/c1-3-26-13(2)24-12-14(11-20-24)15-7-8-16-21-18(19)22-25(16)17(15)23-9-5-4-6-10-23;1-2-4-6-5-3-1/h7-8,11-13H,3-6,9-10H2,1-2H3,(H2,19,22);1-6H2. The highest BCUT2D eigenvalue weighted by atomic mass is 16.5. The second kappa shape index (κ2) is 10.8. The summed E-state index contributed by atoms with van der Waals surface area (Å²) in [6, 6.07) is 4.04. The number of nitrogen functional groups attached to an aromatic ring is 1. The molecule has 0 bridgehead atoms. The molecule has 1 atom stereocenters. The minimum Gasteiger partial charge on any atom is -0.366 e. The number of fused-ring (bicyclic) bond motifs is 1. The Bertz CT molecular complexity index is 974. The van der Waals surface area contributed by atoms with E-state index in [1.165, 1.54) is 57.8 Å². The molecule has 2 N–H and O–H groups in total. The number of anilines is 2. The summed E-state index contributed by atoms with van der Waals surface area (Å²) in [6.45, 7) is 6.65. The summed E-state index contributed by atoms with van der Waals surface area (Å²) >= 11 is 0. The van der Waals surface area contributed by atoms with Gasteiger partial charge in [-0.25, -0.2) is 4.68 Å². The van der Waals surface area contributed by atoms with Crippen molar-refractivity contribution in [2.24, 2.45) is 0 Å². The molecule has 0 radical (unpaired) electrons. The van der Waals surface area contributed by atoms with Crippen LogP contribution in [0.25, 0.3) is 16.8 Å². The average Bonchev–Trinajstić information content (AvgIpc) is 3.47. The number of aromatic nitrogens is 5. The fourth-order valence-electron chi connectivity index (χ4n) is 4.64. The molecular weight excluding hydrogens is 402 g/mol. The van der Waals surface area contributed by atoms with Gasteiger partial charge >= 0.3 is 0 Å². The van der Waals surface area contributed by atoms with Gasteiger partial charge in [0, 0.05) is 37.0 Å².